The fourth-order valence-electron chi connectivity index (χ4n) is 1.63. The Hall–Kier alpha value is -0.730. The lowest BCUT2D eigenvalue weighted by Crippen LogP contribution is -2.24. The first-order valence-corrected chi connectivity index (χ1v) is 4.85. The molecule has 2 nitrogen and oxygen atoms in total. The summed E-state index contributed by atoms with van der Waals surface area (Å²) >= 11 is 5.95. The normalized spacial score (nSPS) is 16.6. The van der Waals surface area contributed by atoms with Crippen molar-refractivity contribution in [2.24, 2.45) is 0 Å². The molecule has 0 bridgehead atoms. The first kappa shape index (κ1) is 8.85. The maximum absolute atomic E-state index is 5.95. The highest BCUT2D eigenvalue weighted by atomic mass is 35.5. The number of nitrogens with zero attached hydrogens (tertiary/aromatic N) is 1. The van der Waals surface area contributed by atoms with Crippen molar-refractivity contribution < 1.29 is 0 Å². The lowest BCUT2D eigenvalue weighted by molar-refractivity contribution is 0.707. The second-order valence-corrected chi connectivity index (χ2v) is 3.81. The number of hydrogen-bond donors (Lipinski definition) is 1. The van der Waals surface area contributed by atoms with E-state index in [1.54, 1.807) is 0 Å². The van der Waals surface area contributed by atoms with Crippen LogP contribution in [0.1, 0.15) is 5.56 Å². The summed E-state index contributed by atoms with van der Waals surface area (Å²) in [7, 11) is 2.10. The Labute approximate surface area is 83.5 Å². The minimum atomic E-state index is 0.813. The van der Waals surface area contributed by atoms with E-state index in [0.717, 1.165) is 24.7 Å². The minimum Gasteiger partial charge on any atom is -0.373 e. The van der Waals surface area contributed by atoms with Crippen LogP contribution in [-0.4, -0.2) is 20.1 Å². The van der Waals surface area contributed by atoms with E-state index in [4.69, 9.17) is 11.6 Å². The first-order chi connectivity index (χ1) is 6.27. The summed E-state index contributed by atoms with van der Waals surface area (Å²) in [6.45, 7) is 3.01. The molecule has 0 aliphatic carbocycles. The molecule has 1 N–H and O–H groups in total. The van der Waals surface area contributed by atoms with Crippen molar-refractivity contribution in [3.63, 3.8) is 0 Å². The first-order valence-electron chi connectivity index (χ1n) is 4.47. The van der Waals surface area contributed by atoms with Crippen molar-refractivity contribution in [2.45, 2.75) is 6.54 Å². The zero-order chi connectivity index (χ0) is 9.26. The van der Waals surface area contributed by atoms with Crippen LogP contribution < -0.4 is 10.2 Å². The molecule has 70 valence electrons. The van der Waals surface area contributed by atoms with Crippen molar-refractivity contribution in [2.75, 3.05) is 25.0 Å². The van der Waals surface area contributed by atoms with Gasteiger partial charge < -0.3 is 10.2 Å². The molecular formula is C10H13ClN2. The molecule has 0 radical (unpaired) electrons. The quantitative estimate of drug-likeness (QED) is 0.682. The van der Waals surface area contributed by atoms with E-state index in [2.05, 4.69) is 23.3 Å². The molecule has 13 heavy (non-hydrogen) atoms. The molecule has 0 saturated heterocycles. The van der Waals surface area contributed by atoms with E-state index < -0.39 is 0 Å². The summed E-state index contributed by atoms with van der Waals surface area (Å²) in [4.78, 5) is 2.24. The van der Waals surface area contributed by atoms with Gasteiger partial charge in [0.25, 0.3) is 0 Å². The summed E-state index contributed by atoms with van der Waals surface area (Å²) in [5, 5.41) is 4.18. The predicted octanol–water partition coefficient (Wildman–Crippen LogP) is 1.88. The third-order valence-electron chi connectivity index (χ3n) is 2.40. The van der Waals surface area contributed by atoms with Gasteiger partial charge in [-0.2, -0.15) is 0 Å². The number of fused-ring (bicyclic) bond motifs is 1. The van der Waals surface area contributed by atoms with Crippen molar-refractivity contribution >= 4 is 17.3 Å². The summed E-state index contributed by atoms with van der Waals surface area (Å²) in [6, 6.07) is 6.07. The van der Waals surface area contributed by atoms with Crippen molar-refractivity contribution in [3.8, 4) is 0 Å². The summed E-state index contributed by atoms with van der Waals surface area (Å²) in [5.74, 6) is 0. The molecule has 1 aromatic rings. The molecule has 0 amide bonds. The molecule has 0 atom stereocenters. The van der Waals surface area contributed by atoms with Crippen molar-refractivity contribution in [1.82, 2.24) is 5.32 Å². The van der Waals surface area contributed by atoms with E-state index in [0.29, 0.717) is 0 Å². The number of rotatable bonds is 0. The Kier molecular flexibility index (Phi) is 2.42. The molecule has 2 rings (SSSR count). The number of likely N-dealkylation sites (N-methyl/N-ethyl adjacent to an activating group) is 1. The van der Waals surface area contributed by atoms with Crippen molar-refractivity contribution in [1.29, 1.82) is 0 Å². The zero-order valence-corrected chi connectivity index (χ0v) is 8.43. The largest absolute Gasteiger partial charge is 0.373 e. The number of hydrogen-bond acceptors (Lipinski definition) is 2. The van der Waals surface area contributed by atoms with E-state index in [9.17, 15) is 0 Å². The van der Waals surface area contributed by atoms with Gasteiger partial charge in [0.1, 0.15) is 0 Å². The lowest BCUT2D eigenvalue weighted by Gasteiger charge is -2.18. The predicted molar refractivity (Wildman–Crippen MR) is 56.4 cm³/mol. The molecule has 0 saturated carbocycles. The third kappa shape index (κ3) is 1.79. The van der Waals surface area contributed by atoms with Crippen LogP contribution in [0.4, 0.5) is 5.69 Å². The van der Waals surface area contributed by atoms with E-state index in [1.807, 2.05) is 12.1 Å². The maximum Gasteiger partial charge on any atom is 0.0426 e. The van der Waals surface area contributed by atoms with Crippen LogP contribution in [0.5, 0.6) is 0 Å². The molecule has 1 aromatic carbocycles. The molecular weight excluding hydrogens is 184 g/mol. The van der Waals surface area contributed by atoms with Gasteiger partial charge in [0, 0.05) is 37.4 Å². The second-order valence-electron chi connectivity index (χ2n) is 3.37. The monoisotopic (exact) mass is 196 g/mol. The van der Waals surface area contributed by atoms with Gasteiger partial charge in [0.2, 0.25) is 0 Å². The standard InChI is InChI=1S/C10H13ClN2/c1-13-5-4-12-7-8-2-3-9(11)6-10(8)13/h2-3,6,12H,4-5,7H2,1H3. The van der Waals surface area contributed by atoms with Crippen LogP contribution in [0.2, 0.25) is 5.02 Å². The van der Waals surface area contributed by atoms with Crippen LogP contribution in [0.25, 0.3) is 0 Å². The highest BCUT2D eigenvalue weighted by Crippen LogP contribution is 2.24. The van der Waals surface area contributed by atoms with Gasteiger partial charge in [-0.05, 0) is 17.7 Å². The molecule has 1 aliphatic rings. The fourth-order valence-corrected chi connectivity index (χ4v) is 1.80. The van der Waals surface area contributed by atoms with E-state index >= 15 is 0 Å². The average molecular weight is 197 g/mol. The molecule has 3 heteroatoms. The van der Waals surface area contributed by atoms with Gasteiger partial charge >= 0.3 is 0 Å². The van der Waals surface area contributed by atoms with Gasteiger partial charge in [-0.1, -0.05) is 17.7 Å². The molecule has 0 fully saturated rings. The van der Waals surface area contributed by atoms with Gasteiger partial charge in [0.15, 0.2) is 0 Å². The van der Waals surface area contributed by atoms with Gasteiger partial charge in [-0.3, -0.25) is 0 Å². The number of nitrogens with one attached hydrogen (secondary N) is 1. The van der Waals surface area contributed by atoms with Crippen LogP contribution >= 0.6 is 11.6 Å². The Bertz CT molecular complexity index is 312. The summed E-state index contributed by atoms with van der Waals surface area (Å²) < 4.78 is 0. The Morgan fingerprint density at radius 3 is 3.15 bits per heavy atom. The van der Waals surface area contributed by atoms with Crippen LogP contribution in [-0.2, 0) is 6.54 Å². The second kappa shape index (κ2) is 3.56. The van der Waals surface area contributed by atoms with Gasteiger partial charge in [-0.25, -0.2) is 0 Å². The summed E-state index contributed by atoms with van der Waals surface area (Å²) in [5.41, 5.74) is 2.57. The van der Waals surface area contributed by atoms with E-state index in [-0.39, 0.29) is 0 Å². The number of benzene rings is 1. The van der Waals surface area contributed by atoms with Crippen LogP contribution in [0, 0.1) is 0 Å². The highest BCUT2D eigenvalue weighted by molar-refractivity contribution is 6.30. The number of halogens is 1. The molecule has 1 aliphatic heterocycles. The SMILES string of the molecule is CN1CCNCc2ccc(Cl)cc21. The van der Waals surface area contributed by atoms with Crippen LogP contribution in [0.3, 0.4) is 0 Å². The molecule has 1 heterocycles. The van der Waals surface area contributed by atoms with Crippen LogP contribution in [0.15, 0.2) is 18.2 Å². The smallest absolute Gasteiger partial charge is 0.0426 e. The highest BCUT2D eigenvalue weighted by Gasteiger charge is 2.11. The summed E-state index contributed by atoms with van der Waals surface area (Å²) in [6.07, 6.45) is 0. The molecule has 0 unspecified atom stereocenters. The fraction of sp³-hybridized carbons (Fsp3) is 0.400. The number of anilines is 1. The maximum atomic E-state index is 5.95. The molecule has 0 spiro atoms. The van der Waals surface area contributed by atoms with E-state index in [1.165, 1.54) is 11.3 Å². The Balaban J connectivity index is 2.43. The minimum absolute atomic E-state index is 0.813. The Morgan fingerprint density at radius 1 is 1.46 bits per heavy atom. The zero-order valence-electron chi connectivity index (χ0n) is 7.68. The van der Waals surface area contributed by atoms with Gasteiger partial charge in [0.05, 0.1) is 0 Å². The third-order valence-corrected chi connectivity index (χ3v) is 2.63. The van der Waals surface area contributed by atoms with Gasteiger partial charge in [-0.15, -0.1) is 0 Å². The van der Waals surface area contributed by atoms with Crippen molar-refractivity contribution in [3.05, 3.63) is 28.8 Å². The molecule has 0 aromatic heterocycles. The Morgan fingerprint density at radius 2 is 2.31 bits per heavy atom. The topological polar surface area (TPSA) is 15.3 Å². The average Bonchev–Trinajstić information content (AvgIpc) is 2.29. The lowest BCUT2D eigenvalue weighted by atomic mass is 10.1.